The number of rotatable bonds is 9. The minimum absolute atomic E-state index is 0.0514. The molecule has 0 atom stereocenters. The molecule has 3 rings (SSSR count). The second-order valence-corrected chi connectivity index (χ2v) is 10.0. The minimum atomic E-state index is -4.16. The number of carbonyl (C=O) groups excluding carboxylic acids is 1. The zero-order valence-corrected chi connectivity index (χ0v) is 21.4. The molecular formula is C25H26ClN3O5S. The number of halogens is 1. The van der Waals surface area contributed by atoms with Crippen molar-refractivity contribution in [1.29, 1.82) is 0 Å². The number of hydrogen-bond donors (Lipinski definition) is 1. The second kappa shape index (κ2) is 11.2. The molecule has 0 saturated carbocycles. The van der Waals surface area contributed by atoms with Crippen LogP contribution in [-0.2, 0) is 14.8 Å². The van der Waals surface area contributed by atoms with E-state index >= 15 is 0 Å². The number of hydrazone groups is 1. The van der Waals surface area contributed by atoms with Crippen LogP contribution in [0.2, 0.25) is 5.02 Å². The Morgan fingerprint density at radius 2 is 1.69 bits per heavy atom. The number of hydrogen-bond acceptors (Lipinski definition) is 6. The molecule has 184 valence electrons. The standard InChI is InChI=1S/C25H26ClN3O5S/c1-17-10-18(2)12-21(11-17)29(16-25(30)28-27-15-19-6-5-7-20(26)13-19)35(31,32)22-8-9-23(33-3)24(14-22)34-4/h5-15H,16H2,1-4H3,(H,28,30)/b27-15-. The van der Waals surface area contributed by atoms with Crippen LogP contribution in [0.5, 0.6) is 11.5 Å². The summed E-state index contributed by atoms with van der Waals surface area (Å²) in [6.07, 6.45) is 1.42. The van der Waals surface area contributed by atoms with Crippen LogP contribution in [0.25, 0.3) is 0 Å². The van der Waals surface area contributed by atoms with Crippen molar-refractivity contribution in [2.24, 2.45) is 5.10 Å². The summed E-state index contributed by atoms with van der Waals surface area (Å²) in [4.78, 5) is 12.7. The Labute approximate surface area is 210 Å². The van der Waals surface area contributed by atoms with Crippen molar-refractivity contribution in [1.82, 2.24) is 5.43 Å². The van der Waals surface area contributed by atoms with Gasteiger partial charge < -0.3 is 9.47 Å². The molecule has 0 fully saturated rings. The van der Waals surface area contributed by atoms with Gasteiger partial charge in [0, 0.05) is 11.1 Å². The van der Waals surface area contributed by atoms with Gasteiger partial charge in [-0.15, -0.1) is 0 Å². The number of nitrogens with one attached hydrogen (secondary N) is 1. The zero-order valence-electron chi connectivity index (χ0n) is 19.8. The van der Waals surface area contributed by atoms with Gasteiger partial charge in [0.15, 0.2) is 11.5 Å². The number of nitrogens with zero attached hydrogens (tertiary/aromatic N) is 2. The Morgan fingerprint density at radius 1 is 1.00 bits per heavy atom. The zero-order chi connectivity index (χ0) is 25.6. The molecule has 8 nitrogen and oxygen atoms in total. The first-order valence-corrected chi connectivity index (χ1v) is 12.4. The average molecular weight is 516 g/mol. The molecule has 0 aliphatic heterocycles. The molecule has 0 heterocycles. The van der Waals surface area contributed by atoms with Gasteiger partial charge >= 0.3 is 0 Å². The van der Waals surface area contributed by atoms with E-state index in [4.69, 9.17) is 21.1 Å². The van der Waals surface area contributed by atoms with Crippen LogP contribution < -0.4 is 19.2 Å². The highest BCUT2D eigenvalue weighted by Crippen LogP contribution is 2.32. The van der Waals surface area contributed by atoms with Crippen molar-refractivity contribution in [3.63, 3.8) is 0 Å². The lowest BCUT2D eigenvalue weighted by atomic mass is 10.1. The highest BCUT2D eigenvalue weighted by Gasteiger charge is 2.28. The van der Waals surface area contributed by atoms with E-state index in [9.17, 15) is 13.2 Å². The Balaban J connectivity index is 1.94. The third-order valence-electron chi connectivity index (χ3n) is 4.98. The smallest absolute Gasteiger partial charge is 0.264 e. The molecule has 1 N–H and O–H groups in total. The topological polar surface area (TPSA) is 97.3 Å². The Kier molecular flexibility index (Phi) is 8.37. The van der Waals surface area contributed by atoms with Gasteiger partial charge in [-0.25, -0.2) is 13.8 Å². The van der Waals surface area contributed by atoms with Crippen LogP contribution >= 0.6 is 11.6 Å². The van der Waals surface area contributed by atoms with Crippen LogP contribution in [-0.4, -0.2) is 41.3 Å². The van der Waals surface area contributed by atoms with E-state index in [1.807, 2.05) is 19.9 Å². The van der Waals surface area contributed by atoms with Gasteiger partial charge in [0.2, 0.25) is 0 Å². The van der Waals surface area contributed by atoms with Crippen LogP contribution in [0, 0.1) is 13.8 Å². The predicted octanol–water partition coefficient (Wildman–Crippen LogP) is 4.32. The van der Waals surface area contributed by atoms with Gasteiger partial charge in [-0.1, -0.05) is 29.8 Å². The number of sulfonamides is 1. The first-order chi connectivity index (χ1) is 16.6. The molecule has 0 unspecified atom stereocenters. The van der Waals surface area contributed by atoms with Crippen molar-refractivity contribution >= 4 is 39.4 Å². The van der Waals surface area contributed by atoms with Gasteiger partial charge in [-0.3, -0.25) is 9.10 Å². The van der Waals surface area contributed by atoms with E-state index in [-0.39, 0.29) is 10.6 Å². The summed E-state index contributed by atoms with van der Waals surface area (Å²) in [6.45, 7) is 3.21. The van der Waals surface area contributed by atoms with Crippen molar-refractivity contribution in [3.8, 4) is 11.5 Å². The van der Waals surface area contributed by atoms with Gasteiger partial charge in [0.05, 0.1) is 31.0 Å². The predicted molar refractivity (Wildman–Crippen MR) is 137 cm³/mol. The Bertz CT molecular complexity index is 1340. The third-order valence-corrected chi connectivity index (χ3v) is 6.98. The normalized spacial score (nSPS) is 11.3. The first kappa shape index (κ1) is 26.1. The summed E-state index contributed by atoms with van der Waals surface area (Å²) in [6, 6.07) is 16.5. The lowest BCUT2D eigenvalue weighted by Gasteiger charge is -2.25. The quantitative estimate of drug-likeness (QED) is 0.338. The van der Waals surface area contributed by atoms with Crippen LogP contribution in [0.4, 0.5) is 5.69 Å². The molecule has 3 aromatic carbocycles. The maximum Gasteiger partial charge on any atom is 0.264 e. The average Bonchev–Trinajstić information content (AvgIpc) is 2.81. The van der Waals surface area contributed by atoms with Crippen molar-refractivity contribution in [2.45, 2.75) is 18.7 Å². The van der Waals surface area contributed by atoms with E-state index in [0.717, 1.165) is 15.4 Å². The highest BCUT2D eigenvalue weighted by atomic mass is 35.5. The van der Waals surface area contributed by atoms with Gasteiger partial charge in [-0.05, 0) is 66.9 Å². The Morgan fingerprint density at radius 3 is 2.31 bits per heavy atom. The fraction of sp³-hybridized carbons (Fsp3) is 0.200. The molecule has 35 heavy (non-hydrogen) atoms. The molecule has 0 radical (unpaired) electrons. The van der Waals surface area contributed by atoms with E-state index in [1.165, 1.54) is 38.6 Å². The van der Waals surface area contributed by atoms with E-state index in [2.05, 4.69) is 10.5 Å². The fourth-order valence-electron chi connectivity index (χ4n) is 3.45. The fourth-order valence-corrected chi connectivity index (χ4v) is 5.06. The minimum Gasteiger partial charge on any atom is -0.493 e. The van der Waals surface area contributed by atoms with Crippen molar-refractivity contribution < 1.29 is 22.7 Å². The summed E-state index contributed by atoms with van der Waals surface area (Å²) in [5.74, 6) is 0.0218. The van der Waals surface area contributed by atoms with Gasteiger partial charge in [0.1, 0.15) is 6.54 Å². The molecule has 0 saturated heterocycles. The van der Waals surface area contributed by atoms with Crippen molar-refractivity contribution in [2.75, 3.05) is 25.1 Å². The summed E-state index contributed by atoms with van der Waals surface area (Å²) in [5, 5.41) is 4.46. The molecule has 3 aromatic rings. The highest BCUT2D eigenvalue weighted by molar-refractivity contribution is 7.92. The number of benzene rings is 3. The molecule has 1 amide bonds. The van der Waals surface area contributed by atoms with Crippen LogP contribution in [0.1, 0.15) is 16.7 Å². The number of carbonyl (C=O) groups is 1. The van der Waals surface area contributed by atoms with Crippen molar-refractivity contribution in [3.05, 3.63) is 82.4 Å². The van der Waals surface area contributed by atoms with Gasteiger partial charge in [0.25, 0.3) is 15.9 Å². The SMILES string of the molecule is COc1ccc(S(=O)(=O)N(CC(=O)N/N=C\c2cccc(Cl)c2)c2cc(C)cc(C)c2)cc1OC. The lowest BCUT2D eigenvalue weighted by molar-refractivity contribution is -0.119. The third kappa shape index (κ3) is 6.52. The number of aryl methyl sites for hydroxylation is 2. The van der Waals surface area contributed by atoms with Gasteiger partial charge in [-0.2, -0.15) is 5.10 Å². The maximum absolute atomic E-state index is 13.7. The molecule has 10 heteroatoms. The molecule has 0 aliphatic carbocycles. The second-order valence-electron chi connectivity index (χ2n) is 7.72. The van der Waals surface area contributed by atoms with E-state index in [1.54, 1.807) is 36.4 Å². The molecule has 0 aliphatic rings. The Hall–Kier alpha value is -3.56. The largest absolute Gasteiger partial charge is 0.493 e. The lowest BCUT2D eigenvalue weighted by Crippen LogP contribution is -2.39. The summed E-state index contributed by atoms with van der Waals surface area (Å²) < 4.78 is 38.9. The summed E-state index contributed by atoms with van der Waals surface area (Å²) in [5.41, 5.74) is 5.12. The summed E-state index contributed by atoms with van der Waals surface area (Å²) in [7, 11) is -1.28. The van der Waals surface area contributed by atoms with E-state index < -0.39 is 22.5 Å². The van der Waals surface area contributed by atoms with Crippen LogP contribution in [0.15, 0.2) is 70.7 Å². The van der Waals surface area contributed by atoms with E-state index in [0.29, 0.717) is 22.0 Å². The maximum atomic E-state index is 13.7. The van der Waals surface area contributed by atoms with Crippen LogP contribution in [0.3, 0.4) is 0 Å². The monoisotopic (exact) mass is 515 g/mol. The molecule has 0 bridgehead atoms. The number of methoxy groups -OCH3 is 2. The molecule has 0 spiro atoms. The molecular weight excluding hydrogens is 490 g/mol. The number of anilines is 1. The first-order valence-electron chi connectivity index (χ1n) is 10.5. The number of ether oxygens (including phenoxy) is 2. The number of amides is 1. The summed E-state index contributed by atoms with van der Waals surface area (Å²) >= 11 is 5.96. The molecule has 0 aromatic heterocycles.